The number of hydrogen-bond donors (Lipinski definition) is 0. The maximum absolute atomic E-state index is 12.5. The van der Waals surface area contributed by atoms with Gasteiger partial charge in [-0.15, -0.1) is 0 Å². The molecular weight excluding hydrogens is 365 g/mol. The van der Waals surface area contributed by atoms with Crippen LogP contribution in [0.1, 0.15) is 24.2 Å². The highest BCUT2D eigenvalue weighted by Gasteiger charge is 2.31. The molecule has 5 heteroatoms. The van der Waals surface area contributed by atoms with Crippen molar-refractivity contribution in [3.8, 4) is 0 Å². The van der Waals surface area contributed by atoms with Crippen LogP contribution in [-0.4, -0.2) is 36.1 Å². The second-order valence-corrected chi connectivity index (χ2v) is 6.56. The van der Waals surface area contributed by atoms with Crippen molar-refractivity contribution in [2.24, 2.45) is 0 Å². The van der Waals surface area contributed by atoms with Gasteiger partial charge in [0, 0.05) is 21.7 Å². The zero-order valence-electron chi connectivity index (χ0n) is 10.4. The molecule has 0 spiro atoms. The number of benzene rings is 1. The number of hydrogen-bond acceptors (Lipinski definition) is 2. The number of rotatable bonds is 1. The smallest absolute Gasteiger partial charge is 0.255 e. The van der Waals surface area contributed by atoms with E-state index in [1.54, 1.807) is 12.1 Å². The third-order valence-corrected chi connectivity index (χ3v) is 4.05. The van der Waals surface area contributed by atoms with Gasteiger partial charge in [0.2, 0.25) is 0 Å². The Kier molecular flexibility index (Phi) is 4.18. The van der Waals surface area contributed by atoms with Crippen LogP contribution in [0.4, 0.5) is 0 Å². The van der Waals surface area contributed by atoms with Crippen molar-refractivity contribution in [2.75, 3.05) is 19.7 Å². The Bertz CT molecular complexity index is 476. The van der Waals surface area contributed by atoms with E-state index in [-0.39, 0.29) is 11.5 Å². The van der Waals surface area contributed by atoms with Crippen molar-refractivity contribution in [3.05, 3.63) is 32.4 Å². The Morgan fingerprint density at radius 2 is 2.22 bits per heavy atom. The van der Waals surface area contributed by atoms with Crippen LogP contribution in [-0.2, 0) is 4.74 Å². The van der Waals surface area contributed by atoms with Gasteiger partial charge < -0.3 is 9.64 Å². The molecule has 0 unspecified atom stereocenters. The first kappa shape index (κ1) is 14.1. The van der Waals surface area contributed by atoms with Gasteiger partial charge in [-0.25, -0.2) is 0 Å². The molecule has 1 heterocycles. The lowest BCUT2D eigenvalue weighted by Gasteiger charge is -2.38. The van der Waals surface area contributed by atoms with Crippen LogP contribution in [0.2, 0.25) is 5.02 Å². The average Bonchev–Trinajstić information content (AvgIpc) is 2.30. The minimum absolute atomic E-state index is 0.0262. The van der Waals surface area contributed by atoms with Crippen LogP contribution in [0.3, 0.4) is 0 Å². The lowest BCUT2D eigenvalue weighted by molar-refractivity contribution is -0.0764. The summed E-state index contributed by atoms with van der Waals surface area (Å²) in [5, 5.41) is 0.589. The van der Waals surface area contributed by atoms with Gasteiger partial charge >= 0.3 is 0 Å². The number of morpholine rings is 1. The Hall–Kier alpha value is -0.330. The van der Waals surface area contributed by atoms with Gasteiger partial charge in [0.15, 0.2) is 0 Å². The number of ether oxygens (including phenoxy) is 1. The van der Waals surface area contributed by atoms with E-state index in [1.165, 1.54) is 0 Å². The minimum atomic E-state index is -0.280. The minimum Gasteiger partial charge on any atom is -0.372 e. The molecule has 1 saturated heterocycles. The highest BCUT2D eigenvalue weighted by molar-refractivity contribution is 14.1. The SMILES string of the molecule is CC1(C)CN(C(=O)c2cc(Cl)ccc2I)CCO1. The van der Waals surface area contributed by atoms with Crippen molar-refractivity contribution in [3.63, 3.8) is 0 Å². The van der Waals surface area contributed by atoms with Crippen LogP contribution in [0.15, 0.2) is 18.2 Å². The van der Waals surface area contributed by atoms with Crippen molar-refractivity contribution in [2.45, 2.75) is 19.4 Å². The average molecular weight is 380 g/mol. The molecule has 0 aromatic heterocycles. The lowest BCUT2D eigenvalue weighted by atomic mass is 10.1. The van der Waals surface area contributed by atoms with E-state index in [0.717, 1.165) is 3.57 Å². The van der Waals surface area contributed by atoms with Crippen LogP contribution in [0.25, 0.3) is 0 Å². The predicted octanol–water partition coefficient (Wildman–Crippen LogP) is 3.20. The van der Waals surface area contributed by atoms with Gasteiger partial charge in [0.25, 0.3) is 5.91 Å². The molecule has 1 aromatic rings. The van der Waals surface area contributed by atoms with Crippen LogP contribution in [0, 0.1) is 3.57 Å². The number of amides is 1. The molecule has 0 radical (unpaired) electrons. The largest absolute Gasteiger partial charge is 0.372 e. The zero-order chi connectivity index (χ0) is 13.3. The summed E-state index contributed by atoms with van der Waals surface area (Å²) in [6, 6.07) is 5.39. The fraction of sp³-hybridized carbons (Fsp3) is 0.462. The second kappa shape index (κ2) is 5.35. The molecule has 0 bridgehead atoms. The van der Waals surface area contributed by atoms with Crippen molar-refractivity contribution < 1.29 is 9.53 Å². The molecule has 0 saturated carbocycles. The van der Waals surface area contributed by atoms with E-state index in [1.807, 2.05) is 24.8 Å². The van der Waals surface area contributed by atoms with Gasteiger partial charge in [-0.1, -0.05) is 11.6 Å². The third-order valence-electron chi connectivity index (χ3n) is 2.87. The lowest BCUT2D eigenvalue weighted by Crippen LogP contribution is -2.50. The van der Waals surface area contributed by atoms with Gasteiger partial charge in [0.05, 0.1) is 17.8 Å². The maximum atomic E-state index is 12.5. The molecule has 1 fully saturated rings. The zero-order valence-corrected chi connectivity index (χ0v) is 13.3. The normalized spacial score (nSPS) is 18.8. The summed E-state index contributed by atoms with van der Waals surface area (Å²) in [6.07, 6.45) is 0. The van der Waals surface area contributed by atoms with E-state index >= 15 is 0 Å². The van der Waals surface area contributed by atoms with Gasteiger partial charge in [0.1, 0.15) is 0 Å². The summed E-state index contributed by atoms with van der Waals surface area (Å²) >= 11 is 8.12. The Morgan fingerprint density at radius 3 is 2.89 bits per heavy atom. The maximum Gasteiger partial charge on any atom is 0.255 e. The Labute approximate surface area is 126 Å². The first-order chi connectivity index (χ1) is 8.39. The molecule has 1 aliphatic heterocycles. The highest BCUT2D eigenvalue weighted by Crippen LogP contribution is 2.23. The fourth-order valence-corrected chi connectivity index (χ4v) is 2.76. The summed E-state index contributed by atoms with van der Waals surface area (Å²) in [7, 11) is 0. The van der Waals surface area contributed by atoms with E-state index in [2.05, 4.69) is 22.6 Å². The molecule has 2 rings (SSSR count). The Balaban J connectivity index is 2.23. The van der Waals surface area contributed by atoms with Crippen molar-refractivity contribution >= 4 is 40.1 Å². The van der Waals surface area contributed by atoms with Crippen molar-refractivity contribution in [1.82, 2.24) is 4.90 Å². The first-order valence-electron chi connectivity index (χ1n) is 5.77. The highest BCUT2D eigenvalue weighted by atomic mass is 127. The quantitative estimate of drug-likeness (QED) is 0.701. The molecule has 3 nitrogen and oxygen atoms in total. The van der Waals surface area contributed by atoms with Crippen LogP contribution >= 0.6 is 34.2 Å². The summed E-state index contributed by atoms with van der Waals surface area (Å²) in [5.41, 5.74) is 0.388. The molecule has 0 aliphatic carbocycles. The molecule has 0 atom stereocenters. The molecule has 0 N–H and O–H groups in total. The van der Waals surface area contributed by atoms with E-state index < -0.39 is 0 Å². The molecule has 1 aromatic carbocycles. The van der Waals surface area contributed by atoms with Gasteiger partial charge in [-0.05, 0) is 54.6 Å². The van der Waals surface area contributed by atoms with Gasteiger partial charge in [-0.2, -0.15) is 0 Å². The summed E-state index contributed by atoms with van der Waals surface area (Å²) in [5.74, 6) is 0.0262. The fourth-order valence-electron chi connectivity index (χ4n) is 2.02. The second-order valence-electron chi connectivity index (χ2n) is 4.96. The number of halogens is 2. The topological polar surface area (TPSA) is 29.5 Å². The summed E-state index contributed by atoms with van der Waals surface area (Å²) in [6.45, 7) is 5.81. The van der Waals surface area contributed by atoms with Crippen molar-refractivity contribution in [1.29, 1.82) is 0 Å². The number of carbonyl (C=O) groups excluding carboxylic acids is 1. The van der Waals surface area contributed by atoms with Crippen LogP contribution in [0.5, 0.6) is 0 Å². The number of carbonyl (C=O) groups is 1. The molecule has 1 amide bonds. The van der Waals surface area contributed by atoms with Gasteiger partial charge in [-0.3, -0.25) is 4.79 Å². The first-order valence-corrected chi connectivity index (χ1v) is 7.23. The summed E-state index contributed by atoms with van der Waals surface area (Å²) < 4.78 is 6.54. The predicted molar refractivity (Wildman–Crippen MR) is 80.1 cm³/mol. The van der Waals surface area contributed by atoms with E-state index in [0.29, 0.717) is 30.3 Å². The Morgan fingerprint density at radius 1 is 1.50 bits per heavy atom. The molecule has 18 heavy (non-hydrogen) atoms. The number of nitrogens with zero attached hydrogens (tertiary/aromatic N) is 1. The summed E-state index contributed by atoms with van der Waals surface area (Å²) in [4.78, 5) is 14.3. The molecule has 98 valence electrons. The third kappa shape index (κ3) is 3.16. The monoisotopic (exact) mass is 379 g/mol. The molecule has 1 aliphatic rings. The van der Waals surface area contributed by atoms with Crippen LogP contribution < -0.4 is 0 Å². The van der Waals surface area contributed by atoms with E-state index in [9.17, 15) is 4.79 Å². The standard InChI is InChI=1S/C13H15ClINO2/c1-13(2)8-16(5-6-18-13)12(17)10-7-9(14)3-4-11(10)15/h3-4,7H,5-6,8H2,1-2H3. The van der Waals surface area contributed by atoms with E-state index in [4.69, 9.17) is 16.3 Å². The molecular formula is C13H15ClINO2.